The van der Waals surface area contributed by atoms with Gasteiger partial charge in [-0.25, -0.2) is 4.98 Å². The van der Waals surface area contributed by atoms with Crippen LogP contribution < -0.4 is 10.5 Å². The van der Waals surface area contributed by atoms with Gasteiger partial charge in [0.15, 0.2) is 0 Å². The number of benzene rings is 1. The zero-order chi connectivity index (χ0) is 10.8. The Bertz CT molecular complexity index is 476. The molecular formula is C11H15N3O. The summed E-state index contributed by atoms with van der Waals surface area (Å²) < 4.78 is 7.58. The lowest BCUT2D eigenvalue weighted by molar-refractivity contribution is 0.331. The van der Waals surface area contributed by atoms with E-state index in [0.717, 1.165) is 22.6 Å². The molecule has 15 heavy (non-hydrogen) atoms. The number of fused-ring (bicyclic) bond motifs is 1. The van der Waals surface area contributed by atoms with Crippen LogP contribution >= 0.6 is 0 Å². The number of nitrogens with two attached hydrogens (primary N) is 1. The molecule has 0 spiro atoms. The van der Waals surface area contributed by atoms with Crippen molar-refractivity contribution < 1.29 is 4.74 Å². The number of nitrogens with zero attached hydrogens (tertiary/aromatic N) is 2. The minimum Gasteiger partial charge on any atom is -0.490 e. The fourth-order valence-electron chi connectivity index (χ4n) is 1.59. The van der Waals surface area contributed by atoms with E-state index in [2.05, 4.69) is 4.98 Å². The smallest absolute Gasteiger partial charge is 0.147 e. The molecule has 4 nitrogen and oxygen atoms in total. The summed E-state index contributed by atoms with van der Waals surface area (Å²) >= 11 is 0. The fourth-order valence-corrected chi connectivity index (χ4v) is 1.59. The van der Waals surface area contributed by atoms with E-state index in [0.29, 0.717) is 13.2 Å². The van der Waals surface area contributed by atoms with Crippen LogP contribution in [0.2, 0.25) is 0 Å². The van der Waals surface area contributed by atoms with E-state index < -0.39 is 0 Å². The number of ether oxygens (including phenoxy) is 1. The van der Waals surface area contributed by atoms with Crippen molar-refractivity contribution in [3.8, 4) is 5.75 Å². The molecule has 2 rings (SSSR count). The summed E-state index contributed by atoms with van der Waals surface area (Å²) in [6.07, 6.45) is 0. The lowest BCUT2D eigenvalue weighted by atomic mass is 10.3. The summed E-state index contributed by atoms with van der Waals surface area (Å²) in [7, 11) is 2.00. The van der Waals surface area contributed by atoms with E-state index in [1.165, 1.54) is 0 Å². The number of para-hydroxylation sites is 1. The lowest BCUT2D eigenvalue weighted by Gasteiger charge is -2.04. The second-order valence-corrected chi connectivity index (χ2v) is 3.48. The van der Waals surface area contributed by atoms with Gasteiger partial charge >= 0.3 is 0 Å². The van der Waals surface area contributed by atoms with Crippen LogP contribution in [-0.2, 0) is 7.05 Å². The summed E-state index contributed by atoms with van der Waals surface area (Å²) in [6, 6.07) is 5.92. The van der Waals surface area contributed by atoms with Gasteiger partial charge in [0.05, 0.1) is 5.52 Å². The van der Waals surface area contributed by atoms with E-state index in [4.69, 9.17) is 10.5 Å². The van der Waals surface area contributed by atoms with Crippen LogP contribution in [0.25, 0.3) is 11.0 Å². The third-order valence-corrected chi connectivity index (χ3v) is 2.47. The SMILES string of the molecule is Cc1nc2c(OCCN)cccc2n1C. The zero-order valence-corrected chi connectivity index (χ0v) is 9.03. The molecule has 0 aliphatic carbocycles. The first-order valence-corrected chi connectivity index (χ1v) is 4.99. The standard InChI is InChI=1S/C11H15N3O/c1-8-13-11-9(14(8)2)4-3-5-10(11)15-7-6-12/h3-5H,6-7,12H2,1-2H3. The van der Waals surface area contributed by atoms with E-state index in [-0.39, 0.29) is 0 Å². The van der Waals surface area contributed by atoms with Crippen molar-refractivity contribution in [2.75, 3.05) is 13.2 Å². The predicted molar refractivity (Wildman–Crippen MR) is 60.0 cm³/mol. The molecule has 0 saturated carbocycles. The molecule has 0 unspecified atom stereocenters. The van der Waals surface area contributed by atoms with Crippen molar-refractivity contribution >= 4 is 11.0 Å². The number of hydrogen-bond acceptors (Lipinski definition) is 3. The lowest BCUT2D eigenvalue weighted by Crippen LogP contribution is -2.10. The second-order valence-electron chi connectivity index (χ2n) is 3.48. The average molecular weight is 205 g/mol. The Labute approximate surface area is 88.7 Å². The molecule has 1 aromatic carbocycles. The normalized spacial score (nSPS) is 10.9. The van der Waals surface area contributed by atoms with Crippen molar-refractivity contribution in [3.63, 3.8) is 0 Å². The Morgan fingerprint density at radius 3 is 3.00 bits per heavy atom. The van der Waals surface area contributed by atoms with Crippen LogP contribution in [0, 0.1) is 6.92 Å². The molecule has 0 amide bonds. The molecule has 2 aromatic rings. The first-order chi connectivity index (χ1) is 7.24. The van der Waals surface area contributed by atoms with E-state index in [9.17, 15) is 0 Å². The van der Waals surface area contributed by atoms with Crippen LogP contribution in [0.1, 0.15) is 5.82 Å². The number of hydrogen-bond donors (Lipinski definition) is 1. The van der Waals surface area contributed by atoms with Gasteiger partial charge < -0.3 is 15.0 Å². The van der Waals surface area contributed by atoms with E-state index in [1.54, 1.807) is 0 Å². The van der Waals surface area contributed by atoms with Gasteiger partial charge in [0.1, 0.15) is 23.7 Å². The minimum atomic E-state index is 0.516. The van der Waals surface area contributed by atoms with Gasteiger partial charge in [-0.15, -0.1) is 0 Å². The van der Waals surface area contributed by atoms with Gasteiger partial charge in [-0.05, 0) is 19.1 Å². The molecule has 4 heteroatoms. The molecule has 0 saturated heterocycles. The number of imidazole rings is 1. The highest BCUT2D eigenvalue weighted by Crippen LogP contribution is 2.24. The summed E-state index contributed by atoms with van der Waals surface area (Å²) in [5, 5.41) is 0. The molecule has 0 radical (unpaired) electrons. The van der Waals surface area contributed by atoms with E-state index in [1.807, 2.05) is 36.7 Å². The largest absolute Gasteiger partial charge is 0.490 e. The first-order valence-electron chi connectivity index (χ1n) is 4.99. The molecule has 0 fully saturated rings. The highest BCUT2D eigenvalue weighted by atomic mass is 16.5. The summed E-state index contributed by atoms with van der Waals surface area (Å²) in [6.45, 7) is 3.02. The van der Waals surface area contributed by atoms with Crippen molar-refractivity contribution in [2.24, 2.45) is 12.8 Å². The molecule has 0 aliphatic rings. The van der Waals surface area contributed by atoms with Crippen molar-refractivity contribution in [3.05, 3.63) is 24.0 Å². The van der Waals surface area contributed by atoms with Gasteiger partial charge in [-0.1, -0.05) is 6.07 Å². The maximum absolute atomic E-state index is 5.54. The summed E-state index contributed by atoms with van der Waals surface area (Å²) in [5.74, 6) is 1.79. The predicted octanol–water partition coefficient (Wildman–Crippen LogP) is 1.22. The van der Waals surface area contributed by atoms with Crippen molar-refractivity contribution in [2.45, 2.75) is 6.92 Å². The van der Waals surface area contributed by atoms with Crippen LogP contribution in [0.5, 0.6) is 5.75 Å². The van der Waals surface area contributed by atoms with Gasteiger partial charge in [0.25, 0.3) is 0 Å². The number of aromatic nitrogens is 2. The van der Waals surface area contributed by atoms with Gasteiger partial charge in [0, 0.05) is 13.6 Å². The molecular weight excluding hydrogens is 190 g/mol. The van der Waals surface area contributed by atoms with E-state index >= 15 is 0 Å². The van der Waals surface area contributed by atoms with Crippen molar-refractivity contribution in [1.29, 1.82) is 0 Å². The maximum atomic E-state index is 5.54. The summed E-state index contributed by atoms with van der Waals surface area (Å²) in [5.41, 5.74) is 7.40. The Kier molecular flexibility index (Phi) is 2.60. The quantitative estimate of drug-likeness (QED) is 0.819. The highest BCUT2D eigenvalue weighted by molar-refractivity contribution is 5.82. The Hall–Kier alpha value is -1.55. The number of aryl methyl sites for hydroxylation is 2. The molecule has 80 valence electrons. The Morgan fingerprint density at radius 2 is 2.27 bits per heavy atom. The molecule has 2 N–H and O–H groups in total. The molecule has 1 heterocycles. The monoisotopic (exact) mass is 205 g/mol. The van der Waals surface area contributed by atoms with Crippen molar-refractivity contribution in [1.82, 2.24) is 9.55 Å². The molecule has 0 atom stereocenters. The third kappa shape index (κ3) is 1.68. The minimum absolute atomic E-state index is 0.516. The zero-order valence-electron chi connectivity index (χ0n) is 9.03. The third-order valence-electron chi connectivity index (χ3n) is 2.47. The topological polar surface area (TPSA) is 53.1 Å². The van der Waals surface area contributed by atoms with Gasteiger partial charge in [0.2, 0.25) is 0 Å². The second kappa shape index (κ2) is 3.90. The molecule has 1 aromatic heterocycles. The van der Waals surface area contributed by atoms with Crippen LogP contribution in [0.3, 0.4) is 0 Å². The van der Waals surface area contributed by atoms with Gasteiger partial charge in [-0.2, -0.15) is 0 Å². The van der Waals surface area contributed by atoms with Crippen LogP contribution in [0.15, 0.2) is 18.2 Å². The maximum Gasteiger partial charge on any atom is 0.147 e. The Morgan fingerprint density at radius 1 is 1.47 bits per heavy atom. The van der Waals surface area contributed by atoms with Gasteiger partial charge in [-0.3, -0.25) is 0 Å². The molecule has 0 aliphatic heterocycles. The van der Waals surface area contributed by atoms with Crippen LogP contribution in [0.4, 0.5) is 0 Å². The molecule has 0 bridgehead atoms. The highest BCUT2D eigenvalue weighted by Gasteiger charge is 2.08. The average Bonchev–Trinajstić information content (AvgIpc) is 2.53. The fraction of sp³-hybridized carbons (Fsp3) is 0.364. The Balaban J connectivity index is 2.51. The summed E-state index contributed by atoms with van der Waals surface area (Å²) in [4.78, 5) is 4.46. The van der Waals surface area contributed by atoms with Crippen LogP contribution in [-0.4, -0.2) is 22.7 Å². The number of rotatable bonds is 3. The first kappa shape index (κ1) is 9.98.